The molecule has 0 saturated heterocycles. The summed E-state index contributed by atoms with van der Waals surface area (Å²) in [6, 6.07) is 1.29. The summed E-state index contributed by atoms with van der Waals surface area (Å²) >= 11 is 0. The van der Waals surface area contributed by atoms with E-state index in [-0.39, 0.29) is 5.91 Å². The monoisotopic (exact) mass is 387 g/mol. The molecule has 0 aliphatic rings. The van der Waals surface area contributed by atoms with Gasteiger partial charge in [-0.05, 0) is 32.5 Å². The Balaban J connectivity index is 3.36. The molecular weight excluding hydrogens is 340 g/mol. The molecule has 0 radical (unpaired) electrons. The lowest BCUT2D eigenvalue weighted by Gasteiger charge is -2.28. The van der Waals surface area contributed by atoms with Crippen LogP contribution in [0.3, 0.4) is 0 Å². The van der Waals surface area contributed by atoms with E-state index >= 15 is 0 Å². The summed E-state index contributed by atoms with van der Waals surface area (Å²) in [5.41, 5.74) is 0. The van der Waals surface area contributed by atoms with E-state index in [4.69, 9.17) is 4.43 Å². The fraction of sp³-hybridized carbons (Fsp3) is 0.952. The van der Waals surface area contributed by atoms with E-state index in [0.717, 1.165) is 37.0 Å². The second-order valence-corrected chi connectivity index (χ2v) is 13.4. The lowest BCUT2D eigenvalue weighted by Crippen LogP contribution is -2.41. The molecular formula is C21H47N2O2Si+. The van der Waals surface area contributed by atoms with Gasteiger partial charge in [0.2, 0.25) is 5.91 Å². The van der Waals surface area contributed by atoms with Gasteiger partial charge in [0, 0.05) is 26.5 Å². The lowest BCUT2D eigenvalue weighted by atomic mass is 10.1. The molecule has 0 spiro atoms. The van der Waals surface area contributed by atoms with Crippen molar-refractivity contribution in [2.75, 3.05) is 40.8 Å². The van der Waals surface area contributed by atoms with Gasteiger partial charge < -0.3 is 14.2 Å². The Hall–Kier alpha value is -0.393. The van der Waals surface area contributed by atoms with Gasteiger partial charge >= 0.3 is 0 Å². The van der Waals surface area contributed by atoms with Crippen LogP contribution >= 0.6 is 0 Å². The second kappa shape index (κ2) is 14.6. The number of rotatable bonds is 17. The third kappa shape index (κ3) is 15.8. The summed E-state index contributed by atoms with van der Waals surface area (Å²) in [4.78, 5) is 11.8. The number of carbonyl (C=O) groups excluding carboxylic acids is 1. The quantitative estimate of drug-likeness (QED) is 0.218. The first-order valence-corrected chi connectivity index (χ1v) is 14.0. The van der Waals surface area contributed by atoms with Crippen molar-refractivity contribution in [3.05, 3.63) is 0 Å². The first kappa shape index (κ1) is 25.6. The first-order chi connectivity index (χ1) is 12.2. The number of nitrogens with one attached hydrogen (secondary N) is 1. The van der Waals surface area contributed by atoms with E-state index in [1.807, 2.05) is 7.11 Å². The summed E-state index contributed by atoms with van der Waals surface area (Å²) < 4.78 is 6.61. The molecule has 0 atom stereocenters. The van der Waals surface area contributed by atoms with Gasteiger partial charge in [-0.1, -0.05) is 44.9 Å². The highest BCUT2D eigenvalue weighted by Crippen LogP contribution is 2.16. The molecule has 0 saturated carbocycles. The topological polar surface area (TPSA) is 38.3 Å². The molecule has 0 heterocycles. The molecule has 26 heavy (non-hydrogen) atoms. The maximum atomic E-state index is 11.8. The van der Waals surface area contributed by atoms with Gasteiger partial charge in [-0.3, -0.25) is 4.79 Å². The molecule has 5 heteroatoms. The minimum Gasteiger partial charge on any atom is -0.420 e. The largest absolute Gasteiger partial charge is 0.420 e. The summed E-state index contributed by atoms with van der Waals surface area (Å²) in [5, 5.41) is 3.07. The third-order valence-electron chi connectivity index (χ3n) is 5.60. The van der Waals surface area contributed by atoms with Gasteiger partial charge in [0.25, 0.3) is 0 Å². The standard InChI is InChI=1S/C21H46N2O2Si/c1-7-23(2,3)19-16-18-22-21(24)17-14-12-10-8-9-11-13-15-20-26(5,6)25-4/h7-20H2,1-6H3/p+1. The fourth-order valence-corrected chi connectivity index (χ4v) is 4.29. The number of nitrogens with zero attached hydrogens (tertiary/aromatic N) is 1. The van der Waals surface area contributed by atoms with Crippen molar-refractivity contribution >= 4 is 14.2 Å². The van der Waals surface area contributed by atoms with Crippen LogP contribution in [0.2, 0.25) is 19.1 Å². The average Bonchev–Trinajstić information content (AvgIpc) is 2.60. The van der Waals surface area contributed by atoms with Crippen molar-refractivity contribution in [2.45, 2.75) is 90.3 Å². The normalized spacial score (nSPS) is 12.4. The van der Waals surface area contributed by atoms with E-state index < -0.39 is 8.32 Å². The molecule has 0 fully saturated rings. The SMILES string of the molecule is CC[N+](C)(C)CCCNC(=O)CCCCCCCCCC[Si](C)(C)OC. The highest BCUT2D eigenvalue weighted by atomic mass is 28.4. The smallest absolute Gasteiger partial charge is 0.219 e. The van der Waals surface area contributed by atoms with Gasteiger partial charge in [0.15, 0.2) is 8.32 Å². The maximum absolute atomic E-state index is 11.8. The zero-order valence-corrected chi connectivity index (χ0v) is 19.7. The molecule has 0 aromatic heterocycles. The minimum atomic E-state index is -1.34. The Morgan fingerprint density at radius 1 is 0.923 bits per heavy atom. The van der Waals surface area contributed by atoms with E-state index in [1.165, 1.54) is 51.0 Å². The number of hydrogen-bond acceptors (Lipinski definition) is 2. The first-order valence-electron chi connectivity index (χ1n) is 10.9. The average molecular weight is 388 g/mol. The van der Waals surface area contributed by atoms with Crippen LogP contribution in [-0.2, 0) is 9.22 Å². The number of quaternary nitrogens is 1. The maximum Gasteiger partial charge on any atom is 0.219 e. The minimum absolute atomic E-state index is 0.233. The summed E-state index contributed by atoms with van der Waals surface area (Å²) in [5.74, 6) is 0.233. The fourth-order valence-electron chi connectivity index (χ4n) is 2.98. The van der Waals surface area contributed by atoms with Crippen LogP contribution in [0.5, 0.6) is 0 Å². The summed E-state index contributed by atoms with van der Waals surface area (Å²) in [6.07, 6.45) is 11.9. The number of unbranched alkanes of at least 4 members (excludes halogenated alkanes) is 7. The van der Waals surface area contributed by atoms with Crippen LogP contribution in [0.25, 0.3) is 0 Å². The Kier molecular flexibility index (Phi) is 14.4. The van der Waals surface area contributed by atoms with Gasteiger partial charge in [-0.25, -0.2) is 0 Å². The predicted octanol–water partition coefficient (Wildman–Crippen LogP) is 4.95. The van der Waals surface area contributed by atoms with Crippen molar-refractivity contribution in [1.82, 2.24) is 5.32 Å². The molecule has 156 valence electrons. The van der Waals surface area contributed by atoms with Crippen LogP contribution in [-0.4, -0.2) is 59.5 Å². The van der Waals surface area contributed by atoms with Gasteiger partial charge in [0.1, 0.15) is 0 Å². The molecule has 1 N–H and O–H groups in total. The van der Waals surface area contributed by atoms with E-state index in [1.54, 1.807) is 0 Å². The van der Waals surface area contributed by atoms with Crippen LogP contribution in [0.15, 0.2) is 0 Å². The number of amides is 1. The van der Waals surface area contributed by atoms with Crippen molar-refractivity contribution in [3.8, 4) is 0 Å². The highest BCUT2D eigenvalue weighted by Gasteiger charge is 2.19. The molecule has 0 aromatic carbocycles. The van der Waals surface area contributed by atoms with Crippen LogP contribution in [0.1, 0.15) is 71.1 Å². The molecule has 0 rings (SSSR count). The zero-order valence-electron chi connectivity index (χ0n) is 18.7. The van der Waals surface area contributed by atoms with Gasteiger partial charge in [-0.2, -0.15) is 0 Å². The van der Waals surface area contributed by atoms with E-state index in [9.17, 15) is 4.79 Å². The van der Waals surface area contributed by atoms with Gasteiger partial charge in [-0.15, -0.1) is 0 Å². The Bertz CT molecular complexity index is 360. The van der Waals surface area contributed by atoms with E-state index in [2.05, 4.69) is 39.4 Å². The van der Waals surface area contributed by atoms with Crippen molar-refractivity contribution < 1.29 is 13.7 Å². The molecule has 0 unspecified atom stereocenters. The lowest BCUT2D eigenvalue weighted by molar-refractivity contribution is -0.888. The molecule has 0 aliphatic carbocycles. The molecule has 0 bridgehead atoms. The van der Waals surface area contributed by atoms with Crippen molar-refractivity contribution in [3.63, 3.8) is 0 Å². The van der Waals surface area contributed by atoms with Crippen LogP contribution < -0.4 is 5.32 Å². The Morgan fingerprint density at radius 2 is 1.46 bits per heavy atom. The van der Waals surface area contributed by atoms with E-state index in [0.29, 0.717) is 6.42 Å². The Labute approximate surface area is 164 Å². The third-order valence-corrected chi connectivity index (χ3v) is 8.27. The zero-order chi connectivity index (χ0) is 19.9. The highest BCUT2D eigenvalue weighted by molar-refractivity contribution is 6.71. The summed E-state index contributed by atoms with van der Waals surface area (Å²) in [6.45, 7) is 9.90. The predicted molar refractivity (Wildman–Crippen MR) is 116 cm³/mol. The molecule has 0 aliphatic heterocycles. The van der Waals surface area contributed by atoms with Gasteiger partial charge in [0.05, 0.1) is 27.2 Å². The number of carbonyl (C=O) groups is 1. The van der Waals surface area contributed by atoms with Crippen LogP contribution in [0, 0.1) is 0 Å². The molecule has 1 amide bonds. The second-order valence-electron chi connectivity index (χ2n) is 8.97. The number of hydrogen-bond donors (Lipinski definition) is 1. The Morgan fingerprint density at radius 3 is 2.00 bits per heavy atom. The summed E-state index contributed by atoms with van der Waals surface area (Å²) in [7, 11) is 5.00. The molecule has 4 nitrogen and oxygen atoms in total. The van der Waals surface area contributed by atoms with Crippen molar-refractivity contribution in [2.24, 2.45) is 0 Å². The van der Waals surface area contributed by atoms with Crippen LogP contribution in [0.4, 0.5) is 0 Å². The molecule has 0 aromatic rings. The van der Waals surface area contributed by atoms with Crippen molar-refractivity contribution in [1.29, 1.82) is 0 Å².